The molecule has 0 saturated carbocycles. The zero-order valence-corrected chi connectivity index (χ0v) is 16.1. The molecule has 3 aromatic rings. The molecule has 140 valence electrons. The summed E-state index contributed by atoms with van der Waals surface area (Å²) in [7, 11) is -1.89. The van der Waals surface area contributed by atoms with Gasteiger partial charge >= 0.3 is 0 Å². The molecule has 1 unspecified atom stereocenters. The Morgan fingerprint density at radius 1 is 0.815 bits per heavy atom. The summed E-state index contributed by atoms with van der Waals surface area (Å²) < 4.78 is 36.7. The van der Waals surface area contributed by atoms with Crippen LogP contribution in [0.3, 0.4) is 0 Å². The molecule has 27 heavy (non-hydrogen) atoms. The van der Waals surface area contributed by atoms with Crippen LogP contribution >= 0.6 is 0 Å². The third-order valence-electron chi connectivity index (χ3n) is 4.32. The maximum Gasteiger partial charge on any atom is 0.206 e. The van der Waals surface area contributed by atoms with E-state index in [0.717, 1.165) is 11.1 Å². The first kappa shape index (κ1) is 19.1. The van der Waals surface area contributed by atoms with Gasteiger partial charge in [0.2, 0.25) is 9.84 Å². The van der Waals surface area contributed by atoms with E-state index < -0.39 is 9.84 Å². The lowest BCUT2D eigenvalue weighted by Gasteiger charge is -2.16. The van der Waals surface area contributed by atoms with Crippen LogP contribution in [0.1, 0.15) is 17.2 Å². The third-order valence-corrected chi connectivity index (χ3v) is 6.11. The van der Waals surface area contributed by atoms with Gasteiger partial charge in [-0.25, -0.2) is 8.42 Å². The van der Waals surface area contributed by atoms with Crippen LogP contribution in [0.2, 0.25) is 0 Å². The smallest absolute Gasteiger partial charge is 0.206 e. The van der Waals surface area contributed by atoms with E-state index in [4.69, 9.17) is 9.47 Å². The van der Waals surface area contributed by atoms with Crippen LogP contribution in [0.15, 0.2) is 88.7 Å². The van der Waals surface area contributed by atoms with Gasteiger partial charge in [-0.3, -0.25) is 0 Å². The lowest BCUT2D eigenvalue weighted by molar-refractivity contribution is 0.0576. The van der Waals surface area contributed by atoms with Crippen molar-refractivity contribution in [1.82, 2.24) is 0 Å². The second-order valence-corrected chi connectivity index (χ2v) is 8.18. The van der Waals surface area contributed by atoms with Crippen molar-refractivity contribution in [2.24, 2.45) is 0 Å². The number of ether oxygens (including phenoxy) is 2. The second-order valence-electron chi connectivity index (χ2n) is 6.23. The number of hydrogen-bond acceptors (Lipinski definition) is 4. The molecule has 0 aromatic heterocycles. The molecule has 3 aromatic carbocycles. The van der Waals surface area contributed by atoms with Crippen molar-refractivity contribution in [2.45, 2.75) is 22.8 Å². The van der Waals surface area contributed by atoms with Crippen molar-refractivity contribution in [3.63, 3.8) is 0 Å². The lowest BCUT2D eigenvalue weighted by atomic mass is 10.1. The van der Waals surface area contributed by atoms with Gasteiger partial charge in [0.25, 0.3) is 0 Å². The maximum atomic E-state index is 12.7. The highest BCUT2D eigenvalue weighted by Gasteiger charge is 2.17. The Bertz CT molecular complexity index is 963. The predicted molar refractivity (Wildman–Crippen MR) is 105 cm³/mol. The van der Waals surface area contributed by atoms with Crippen molar-refractivity contribution in [3.05, 3.63) is 90.0 Å². The topological polar surface area (TPSA) is 52.6 Å². The fraction of sp³-hybridized carbons (Fsp3) is 0.182. The van der Waals surface area contributed by atoms with Crippen LogP contribution < -0.4 is 4.74 Å². The minimum atomic E-state index is -3.53. The molecule has 0 aliphatic heterocycles. The lowest BCUT2D eigenvalue weighted by Crippen LogP contribution is -2.12. The first-order valence-corrected chi connectivity index (χ1v) is 10.1. The summed E-state index contributed by atoms with van der Waals surface area (Å²) in [4.78, 5) is 0.523. The number of rotatable bonds is 7. The highest BCUT2D eigenvalue weighted by atomic mass is 32.2. The summed E-state index contributed by atoms with van der Waals surface area (Å²) >= 11 is 0. The first-order valence-electron chi connectivity index (χ1n) is 8.63. The minimum Gasteiger partial charge on any atom is -0.491 e. The van der Waals surface area contributed by atoms with Crippen molar-refractivity contribution < 1.29 is 17.9 Å². The van der Waals surface area contributed by atoms with Crippen LogP contribution in [0.5, 0.6) is 5.75 Å². The molecule has 0 aliphatic rings. The summed E-state index contributed by atoms with van der Waals surface area (Å²) in [6.07, 6.45) is -0.192. The van der Waals surface area contributed by atoms with Crippen LogP contribution in [-0.4, -0.2) is 22.1 Å². The summed E-state index contributed by atoms with van der Waals surface area (Å²) in [6.45, 7) is 2.26. The predicted octanol–water partition coefficient (Wildman–Crippen LogP) is 4.59. The largest absolute Gasteiger partial charge is 0.491 e. The summed E-state index contributed by atoms with van der Waals surface area (Å²) in [5, 5.41) is 0. The van der Waals surface area contributed by atoms with Gasteiger partial charge in [-0.1, -0.05) is 48.0 Å². The van der Waals surface area contributed by atoms with Gasteiger partial charge in [0.1, 0.15) is 18.5 Å². The Morgan fingerprint density at radius 3 is 1.93 bits per heavy atom. The van der Waals surface area contributed by atoms with E-state index in [1.807, 2.05) is 37.3 Å². The third kappa shape index (κ3) is 4.56. The van der Waals surface area contributed by atoms with E-state index in [-0.39, 0.29) is 15.9 Å². The highest BCUT2D eigenvalue weighted by Crippen LogP contribution is 2.24. The van der Waals surface area contributed by atoms with E-state index >= 15 is 0 Å². The molecule has 4 nitrogen and oxygen atoms in total. The molecule has 0 N–H and O–H groups in total. The molecule has 0 saturated heterocycles. The van der Waals surface area contributed by atoms with E-state index in [9.17, 15) is 8.42 Å². The summed E-state index contributed by atoms with van der Waals surface area (Å²) in [5.41, 5.74) is 2.04. The molecule has 0 fully saturated rings. The molecule has 5 heteroatoms. The van der Waals surface area contributed by atoms with Gasteiger partial charge in [0.15, 0.2) is 0 Å². The zero-order chi connectivity index (χ0) is 19.3. The maximum absolute atomic E-state index is 12.7. The summed E-state index contributed by atoms with van der Waals surface area (Å²) in [6, 6.07) is 23.1. The molecule has 0 amide bonds. The number of benzene rings is 3. The van der Waals surface area contributed by atoms with Crippen LogP contribution in [0, 0.1) is 6.92 Å². The molecule has 3 rings (SSSR count). The molecule has 0 aliphatic carbocycles. The van der Waals surface area contributed by atoms with Gasteiger partial charge in [-0.2, -0.15) is 0 Å². The summed E-state index contributed by atoms with van der Waals surface area (Å²) in [5.74, 6) is 0.593. The molecular weight excluding hydrogens is 360 g/mol. The number of hydrogen-bond donors (Lipinski definition) is 0. The van der Waals surface area contributed by atoms with Gasteiger partial charge < -0.3 is 9.47 Å². The minimum absolute atomic E-state index is 0.192. The van der Waals surface area contributed by atoms with Crippen LogP contribution in [-0.2, 0) is 14.6 Å². The average Bonchev–Trinajstić information content (AvgIpc) is 2.70. The average molecular weight is 382 g/mol. The Labute approximate surface area is 160 Å². The quantitative estimate of drug-likeness (QED) is 0.599. The van der Waals surface area contributed by atoms with Crippen molar-refractivity contribution in [3.8, 4) is 5.75 Å². The fourth-order valence-corrected chi connectivity index (χ4v) is 3.97. The van der Waals surface area contributed by atoms with E-state index in [1.165, 1.54) is 0 Å². The van der Waals surface area contributed by atoms with Crippen LogP contribution in [0.25, 0.3) is 0 Å². The van der Waals surface area contributed by atoms with Crippen molar-refractivity contribution >= 4 is 9.84 Å². The van der Waals surface area contributed by atoms with Gasteiger partial charge in [0.05, 0.1) is 9.79 Å². The fourth-order valence-electron chi connectivity index (χ4n) is 2.71. The first-order chi connectivity index (χ1) is 13.0. The van der Waals surface area contributed by atoms with Gasteiger partial charge in [-0.05, 0) is 48.9 Å². The van der Waals surface area contributed by atoms with E-state index in [2.05, 4.69) is 0 Å². The number of methoxy groups -OCH3 is 1. The van der Waals surface area contributed by atoms with Gasteiger partial charge in [-0.15, -0.1) is 0 Å². The van der Waals surface area contributed by atoms with E-state index in [0.29, 0.717) is 12.4 Å². The molecule has 0 heterocycles. The SMILES string of the molecule is COC(COc1ccc(S(=O)(=O)c2ccc(C)cc2)cc1)c1ccccc1. The second kappa shape index (κ2) is 8.37. The van der Waals surface area contributed by atoms with Gasteiger partial charge in [0, 0.05) is 7.11 Å². The normalized spacial score (nSPS) is 12.5. The monoisotopic (exact) mass is 382 g/mol. The standard InChI is InChI=1S/C22H22O4S/c1-17-8-12-20(13-9-17)27(23,24)21-14-10-19(11-15-21)26-16-22(25-2)18-6-4-3-5-7-18/h3-15,22H,16H2,1-2H3. The van der Waals surface area contributed by atoms with Crippen molar-refractivity contribution in [2.75, 3.05) is 13.7 Å². The number of sulfone groups is 1. The Kier molecular flexibility index (Phi) is 5.94. The molecule has 1 atom stereocenters. The molecule has 0 bridgehead atoms. The van der Waals surface area contributed by atoms with Crippen LogP contribution in [0.4, 0.5) is 0 Å². The molecule has 0 spiro atoms. The highest BCUT2D eigenvalue weighted by molar-refractivity contribution is 7.91. The molecular formula is C22H22O4S. The Morgan fingerprint density at radius 2 is 1.37 bits per heavy atom. The number of aryl methyl sites for hydroxylation is 1. The van der Waals surface area contributed by atoms with E-state index in [1.54, 1.807) is 55.6 Å². The zero-order valence-electron chi connectivity index (χ0n) is 15.3. The van der Waals surface area contributed by atoms with Crippen molar-refractivity contribution in [1.29, 1.82) is 0 Å². The molecule has 0 radical (unpaired) electrons. The Hall–Kier alpha value is -2.63. The Balaban J connectivity index is 1.71.